The topological polar surface area (TPSA) is 37.4 Å². The number of hydrogen-bond acceptors (Lipinski definition) is 2. The summed E-state index contributed by atoms with van der Waals surface area (Å²) in [6, 6.07) is 0.212. The molecule has 3 nitrogen and oxygen atoms in total. The van der Waals surface area contributed by atoms with Gasteiger partial charge in [-0.25, -0.2) is 0 Å². The second-order valence-corrected chi connectivity index (χ2v) is 6.64. The largest absolute Gasteiger partial charge is 0.343 e. The fraction of sp³-hybridized carbons (Fsp3) is 0.867. The van der Waals surface area contributed by atoms with Crippen molar-refractivity contribution in [1.29, 1.82) is 0 Å². The van der Waals surface area contributed by atoms with Gasteiger partial charge in [0.2, 0.25) is 5.91 Å². The van der Waals surface area contributed by atoms with Crippen molar-refractivity contribution in [2.45, 2.75) is 53.0 Å². The van der Waals surface area contributed by atoms with Crippen molar-refractivity contribution in [1.82, 2.24) is 4.90 Å². The quantitative estimate of drug-likeness (QED) is 0.770. The minimum atomic E-state index is -0.319. The van der Waals surface area contributed by atoms with Gasteiger partial charge < -0.3 is 4.90 Å². The van der Waals surface area contributed by atoms with Crippen molar-refractivity contribution in [2.75, 3.05) is 7.05 Å². The number of nitrogens with zero attached hydrogens (tertiary/aromatic N) is 1. The Morgan fingerprint density at radius 3 is 2.22 bits per heavy atom. The van der Waals surface area contributed by atoms with Crippen LogP contribution in [0.1, 0.15) is 47.0 Å². The van der Waals surface area contributed by atoms with E-state index in [2.05, 4.69) is 0 Å². The first kappa shape index (κ1) is 13.6. The van der Waals surface area contributed by atoms with Gasteiger partial charge in [0.15, 0.2) is 0 Å². The number of Topliss-reactive ketones (excluding diaryl/α,β-unsaturated/α-hetero) is 1. The third kappa shape index (κ3) is 1.79. The minimum Gasteiger partial charge on any atom is -0.343 e. The van der Waals surface area contributed by atoms with E-state index in [-0.39, 0.29) is 29.2 Å². The second kappa shape index (κ2) is 4.36. The highest BCUT2D eigenvalue weighted by molar-refractivity contribution is 5.95. The SMILES string of the molecule is CC(C)C(=O)C1CCC2CC21C(=O)N(C)C(C)C. The summed E-state index contributed by atoms with van der Waals surface area (Å²) in [6.45, 7) is 7.95. The molecule has 0 aromatic carbocycles. The zero-order valence-corrected chi connectivity index (χ0v) is 12.2. The highest BCUT2D eigenvalue weighted by atomic mass is 16.2. The van der Waals surface area contributed by atoms with Gasteiger partial charge in [-0.15, -0.1) is 0 Å². The van der Waals surface area contributed by atoms with Gasteiger partial charge in [0, 0.05) is 24.9 Å². The van der Waals surface area contributed by atoms with Crippen LogP contribution in [0.25, 0.3) is 0 Å². The number of carbonyl (C=O) groups excluding carboxylic acids is 2. The van der Waals surface area contributed by atoms with Crippen molar-refractivity contribution in [2.24, 2.45) is 23.2 Å². The first-order valence-electron chi connectivity index (χ1n) is 7.13. The van der Waals surface area contributed by atoms with E-state index in [0.717, 1.165) is 19.3 Å². The molecule has 2 rings (SSSR count). The van der Waals surface area contributed by atoms with Gasteiger partial charge in [0.05, 0.1) is 5.41 Å². The summed E-state index contributed by atoms with van der Waals surface area (Å²) in [4.78, 5) is 26.8. The Hall–Kier alpha value is -0.860. The standard InChI is InChI=1S/C15H25NO2/c1-9(2)13(17)12-7-6-11-8-15(11,12)14(18)16(5)10(3)4/h9-12H,6-8H2,1-5H3. The molecule has 102 valence electrons. The van der Waals surface area contributed by atoms with E-state index in [9.17, 15) is 9.59 Å². The number of hydrogen-bond donors (Lipinski definition) is 0. The summed E-state index contributed by atoms with van der Waals surface area (Å²) in [5.41, 5.74) is -0.319. The molecule has 0 saturated heterocycles. The maximum Gasteiger partial charge on any atom is 0.229 e. The summed E-state index contributed by atoms with van der Waals surface area (Å²) in [5.74, 6) is 0.998. The lowest BCUT2D eigenvalue weighted by molar-refractivity contribution is -0.143. The van der Waals surface area contributed by atoms with Crippen molar-refractivity contribution in [3.05, 3.63) is 0 Å². The van der Waals surface area contributed by atoms with Crippen LogP contribution in [-0.4, -0.2) is 29.7 Å². The zero-order valence-electron chi connectivity index (χ0n) is 12.2. The summed E-state index contributed by atoms with van der Waals surface area (Å²) >= 11 is 0. The van der Waals surface area contributed by atoms with Crippen LogP contribution in [0.3, 0.4) is 0 Å². The monoisotopic (exact) mass is 251 g/mol. The fourth-order valence-electron chi connectivity index (χ4n) is 3.53. The van der Waals surface area contributed by atoms with Crippen LogP contribution in [0.15, 0.2) is 0 Å². The molecule has 1 amide bonds. The van der Waals surface area contributed by atoms with Crippen molar-refractivity contribution < 1.29 is 9.59 Å². The van der Waals surface area contributed by atoms with Crippen molar-refractivity contribution in [3.8, 4) is 0 Å². The van der Waals surface area contributed by atoms with E-state index in [0.29, 0.717) is 11.7 Å². The number of ketones is 1. The van der Waals surface area contributed by atoms with Crippen molar-refractivity contribution >= 4 is 11.7 Å². The van der Waals surface area contributed by atoms with Gasteiger partial charge in [0.25, 0.3) is 0 Å². The summed E-state index contributed by atoms with van der Waals surface area (Å²) in [6.07, 6.45) is 2.91. The molecule has 3 atom stereocenters. The molecule has 0 spiro atoms. The average Bonchev–Trinajstić information content (AvgIpc) is 2.93. The Balaban J connectivity index is 2.21. The third-order valence-corrected chi connectivity index (χ3v) is 4.98. The molecule has 3 heteroatoms. The molecule has 2 saturated carbocycles. The molecule has 0 radical (unpaired) electrons. The molecule has 3 unspecified atom stereocenters. The van der Waals surface area contributed by atoms with Crippen LogP contribution in [-0.2, 0) is 9.59 Å². The molecular formula is C15H25NO2. The summed E-state index contributed by atoms with van der Waals surface area (Å²) < 4.78 is 0. The number of amides is 1. The minimum absolute atomic E-state index is 0.0174. The van der Waals surface area contributed by atoms with Gasteiger partial charge >= 0.3 is 0 Å². The van der Waals surface area contributed by atoms with Crippen LogP contribution in [0.4, 0.5) is 0 Å². The number of rotatable bonds is 4. The number of fused-ring (bicyclic) bond motifs is 1. The molecular weight excluding hydrogens is 226 g/mol. The van der Waals surface area contributed by atoms with Crippen LogP contribution >= 0.6 is 0 Å². The molecule has 0 N–H and O–H groups in total. The van der Waals surface area contributed by atoms with Crippen LogP contribution < -0.4 is 0 Å². The lowest BCUT2D eigenvalue weighted by Gasteiger charge is -2.30. The molecule has 0 aromatic heterocycles. The second-order valence-electron chi connectivity index (χ2n) is 6.64. The van der Waals surface area contributed by atoms with Gasteiger partial charge in [-0.05, 0) is 39.0 Å². The normalized spacial score (nSPS) is 33.7. The molecule has 2 aliphatic carbocycles. The Kier molecular flexibility index (Phi) is 3.28. The summed E-state index contributed by atoms with van der Waals surface area (Å²) in [7, 11) is 1.87. The third-order valence-electron chi connectivity index (χ3n) is 4.98. The first-order valence-corrected chi connectivity index (χ1v) is 7.13. The molecule has 18 heavy (non-hydrogen) atoms. The van der Waals surface area contributed by atoms with Gasteiger partial charge in [-0.1, -0.05) is 13.8 Å². The highest BCUT2D eigenvalue weighted by Gasteiger charge is 2.69. The van der Waals surface area contributed by atoms with E-state index in [1.807, 2.05) is 39.6 Å². The lowest BCUT2D eigenvalue weighted by Crippen LogP contribution is -2.43. The van der Waals surface area contributed by atoms with Gasteiger partial charge in [0.1, 0.15) is 5.78 Å². The zero-order chi connectivity index (χ0) is 13.7. The van der Waals surface area contributed by atoms with E-state index in [4.69, 9.17) is 0 Å². The Bertz CT molecular complexity index is 375. The summed E-state index contributed by atoms with van der Waals surface area (Å²) in [5, 5.41) is 0. The molecule has 0 aromatic rings. The van der Waals surface area contributed by atoms with E-state index < -0.39 is 0 Å². The van der Waals surface area contributed by atoms with Crippen LogP contribution in [0.2, 0.25) is 0 Å². The lowest BCUT2D eigenvalue weighted by atomic mass is 9.81. The Morgan fingerprint density at radius 1 is 1.17 bits per heavy atom. The van der Waals surface area contributed by atoms with Crippen LogP contribution in [0, 0.1) is 23.2 Å². The molecule has 2 aliphatic rings. The van der Waals surface area contributed by atoms with E-state index >= 15 is 0 Å². The Morgan fingerprint density at radius 2 is 1.78 bits per heavy atom. The smallest absolute Gasteiger partial charge is 0.229 e. The molecule has 2 fully saturated rings. The average molecular weight is 251 g/mol. The maximum absolute atomic E-state index is 12.7. The molecule has 0 heterocycles. The molecule has 0 aliphatic heterocycles. The predicted octanol–water partition coefficient (Wildman–Crippen LogP) is 2.49. The predicted molar refractivity (Wildman–Crippen MR) is 71.0 cm³/mol. The van der Waals surface area contributed by atoms with Gasteiger partial charge in [-0.3, -0.25) is 9.59 Å². The molecule has 0 bridgehead atoms. The van der Waals surface area contributed by atoms with E-state index in [1.165, 1.54) is 0 Å². The van der Waals surface area contributed by atoms with E-state index in [1.54, 1.807) is 0 Å². The fourth-order valence-corrected chi connectivity index (χ4v) is 3.53. The highest BCUT2D eigenvalue weighted by Crippen LogP contribution is 2.67. The Labute approximate surface area is 110 Å². The van der Waals surface area contributed by atoms with Crippen molar-refractivity contribution in [3.63, 3.8) is 0 Å². The number of carbonyl (C=O) groups is 2. The maximum atomic E-state index is 12.7. The van der Waals surface area contributed by atoms with Gasteiger partial charge in [-0.2, -0.15) is 0 Å². The first-order chi connectivity index (χ1) is 8.32. The van der Waals surface area contributed by atoms with Crippen LogP contribution in [0.5, 0.6) is 0 Å².